The van der Waals surface area contributed by atoms with Gasteiger partial charge in [0.25, 0.3) is 0 Å². The average molecular weight is 217 g/mol. The highest BCUT2D eigenvalue weighted by Crippen LogP contribution is 2.26. The molecule has 4 nitrogen and oxygen atoms in total. The maximum Gasteiger partial charge on any atom is 0.101 e. The van der Waals surface area contributed by atoms with Crippen molar-refractivity contribution in [2.75, 3.05) is 30.3 Å². The van der Waals surface area contributed by atoms with Crippen molar-refractivity contribution in [2.24, 2.45) is 5.92 Å². The number of nitriles is 1. The molecule has 84 valence electrons. The Morgan fingerprint density at radius 3 is 3.00 bits per heavy atom. The number of benzene rings is 1. The fourth-order valence-corrected chi connectivity index (χ4v) is 2.05. The number of aliphatic hydroxyl groups is 1. The first-order chi connectivity index (χ1) is 7.74. The van der Waals surface area contributed by atoms with Crippen LogP contribution in [0.3, 0.4) is 0 Å². The lowest BCUT2D eigenvalue weighted by atomic mass is 10.1. The minimum atomic E-state index is 0.233. The van der Waals surface area contributed by atoms with E-state index in [9.17, 15) is 0 Å². The van der Waals surface area contributed by atoms with Crippen molar-refractivity contribution in [1.82, 2.24) is 0 Å². The number of hydrogen-bond acceptors (Lipinski definition) is 4. The molecule has 0 saturated carbocycles. The topological polar surface area (TPSA) is 73.3 Å². The molecule has 0 amide bonds. The molecule has 0 spiro atoms. The van der Waals surface area contributed by atoms with Crippen LogP contribution in [-0.2, 0) is 0 Å². The first kappa shape index (κ1) is 10.8. The second kappa shape index (κ2) is 4.42. The summed E-state index contributed by atoms with van der Waals surface area (Å²) in [6.07, 6.45) is 1.00. The summed E-state index contributed by atoms with van der Waals surface area (Å²) in [5.41, 5.74) is 7.72. The second-order valence-electron chi connectivity index (χ2n) is 4.17. The third kappa shape index (κ3) is 1.95. The van der Waals surface area contributed by atoms with Gasteiger partial charge in [-0.1, -0.05) is 0 Å². The first-order valence-corrected chi connectivity index (χ1v) is 5.40. The highest BCUT2D eigenvalue weighted by molar-refractivity contribution is 5.63. The molecule has 1 aromatic carbocycles. The van der Waals surface area contributed by atoms with Gasteiger partial charge in [-0.05, 0) is 24.6 Å². The van der Waals surface area contributed by atoms with Crippen molar-refractivity contribution in [3.8, 4) is 6.07 Å². The Kier molecular flexibility index (Phi) is 2.97. The molecule has 1 aromatic rings. The van der Waals surface area contributed by atoms with E-state index in [-0.39, 0.29) is 6.61 Å². The molecular weight excluding hydrogens is 202 g/mol. The molecule has 0 bridgehead atoms. The molecule has 2 rings (SSSR count). The monoisotopic (exact) mass is 217 g/mol. The summed E-state index contributed by atoms with van der Waals surface area (Å²) < 4.78 is 0. The van der Waals surface area contributed by atoms with E-state index in [1.807, 2.05) is 12.1 Å². The van der Waals surface area contributed by atoms with Crippen LogP contribution in [0.2, 0.25) is 0 Å². The maximum atomic E-state index is 9.08. The summed E-state index contributed by atoms with van der Waals surface area (Å²) in [5.74, 6) is 0.350. The fraction of sp³-hybridized carbons (Fsp3) is 0.417. The highest BCUT2D eigenvalue weighted by Gasteiger charge is 2.22. The van der Waals surface area contributed by atoms with E-state index in [4.69, 9.17) is 16.1 Å². The van der Waals surface area contributed by atoms with Gasteiger partial charge in [0, 0.05) is 37.0 Å². The van der Waals surface area contributed by atoms with Crippen LogP contribution in [0.5, 0.6) is 0 Å². The molecule has 0 aliphatic carbocycles. The largest absolute Gasteiger partial charge is 0.398 e. The smallest absolute Gasteiger partial charge is 0.101 e. The Morgan fingerprint density at radius 2 is 2.38 bits per heavy atom. The van der Waals surface area contributed by atoms with Crippen LogP contribution < -0.4 is 10.6 Å². The van der Waals surface area contributed by atoms with Gasteiger partial charge < -0.3 is 15.7 Å². The van der Waals surface area contributed by atoms with Gasteiger partial charge in [0.05, 0.1) is 5.56 Å². The van der Waals surface area contributed by atoms with Gasteiger partial charge in [-0.15, -0.1) is 0 Å². The lowest BCUT2D eigenvalue weighted by Crippen LogP contribution is -2.20. The lowest BCUT2D eigenvalue weighted by Gasteiger charge is -2.18. The van der Waals surface area contributed by atoms with Gasteiger partial charge in [-0.3, -0.25) is 0 Å². The number of anilines is 2. The molecule has 0 aromatic heterocycles. The van der Waals surface area contributed by atoms with Crippen molar-refractivity contribution in [1.29, 1.82) is 5.26 Å². The van der Waals surface area contributed by atoms with E-state index < -0.39 is 0 Å². The number of rotatable bonds is 2. The molecule has 1 heterocycles. The highest BCUT2D eigenvalue weighted by atomic mass is 16.3. The first-order valence-electron chi connectivity index (χ1n) is 5.40. The molecule has 4 heteroatoms. The van der Waals surface area contributed by atoms with Gasteiger partial charge in [-0.25, -0.2) is 0 Å². The zero-order valence-corrected chi connectivity index (χ0v) is 9.06. The molecule has 1 aliphatic heterocycles. The Hall–Kier alpha value is -1.73. The van der Waals surface area contributed by atoms with Crippen LogP contribution in [0, 0.1) is 17.2 Å². The summed E-state index contributed by atoms with van der Waals surface area (Å²) in [5, 5.41) is 18.0. The van der Waals surface area contributed by atoms with E-state index in [0.29, 0.717) is 17.2 Å². The van der Waals surface area contributed by atoms with Crippen LogP contribution in [0.25, 0.3) is 0 Å². The van der Waals surface area contributed by atoms with Gasteiger partial charge in [0.1, 0.15) is 6.07 Å². The van der Waals surface area contributed by atoms with E-state index in [2.05, 4.69) is 11.0 Å². The van der Waals surface area contributed by atoms with Crippen molar-refractivity contribution >= 4 is 11.4 Å². The van der Waals surface area contributed by atoms with E-state index in [1.54, 1.807) is 6.07 Å². The lowest BCUT2D eigenvalue weighted by molar-refractivity contribution is 0.238. The van der Waals surface area contributed by atoms with Crippen LogP contribution in [0.4, 0.5) is 11.4 Å². The minimum absolute atomic E-state index is 0.233. The summed E-state index contributed by atoms with van der Waals surface area (Å²) >= 11 is 0. The van der Waals surface area contributed by atoms with Crippen LogP contribution in [0.15, 0.2) is 18.2 Å². The second-order valence-corrected chi connectivity index (χ2v) is 4.17. The number of aliphatic hydroxyl groups excluding tert-OH is 1. The molecule has 16 heavy (non-hydrogen) atoms. The Balaban J connectivity index is 2.19. The molecule has 1 unspecified atom stereocenters. The van der Waals surface area contributed by atoms with E-state index in [0.717, 1.165) is 25.2 Å². The quantitative estimate of drug-likeness (QED) is 0.724. The predicted octanol–water partition coefficient (Wildman–Crippen LogP) is 0.959. The molecule has 1 fully saturated rings. The summed E-state index contributed by atoms with van der Waals surface area (Å²) in [4.78, 5) is 2.18. The summed E-state index contributed by atoms with van der Waals surface area (Å²) in [6.45, 7) is 2.02. The van der Waals surface area contributed by atoms with Crippen molar-refractivity contribution < 1.29 is 5.11 Å². The van der Waals surface area contributed by atoms with Gasteiger partial charge in [0.15, 0.2) is 0 Å². The normalized spacial score (nSPS) is 19.8. The molecular formula is C12H15N3O. The molecule has 0 radical (unpaired) electrons. The zero-order valence-electron chi connectivity index (χ0n) is 9.06. The Labute approximate surface area is 94.9 Å². The van der Waals surface area contributed by atoms with Crippen molar-refractivity contribution in [3.63, 3.8) is 0 Å². The third-order valence-electron chi connectivity index (χ3n) is 3.07. The van der Waals surface area contributed by atoms with Crippen LogP contribution in [0.1, 0.15) is 12.0 Å². The maximum absolute atomic E-state index is 9.08. The minimum Gasteiger partial charge on any atom is -0.398 e. The standard InChI is InChI=1S/C12H15N3O/c13-6-10-5-11(1-2-12(10)14)15-4-3-9(7-15)8-16/h1-2,5,9,16H,3-4,7-8,14H2. The van der Waals surface area contributed by atoms with Crippen molar-refractivity contribution in [3.05, 3.63) is 23.8 Å². The molecule has 1 atom stereocenters. The number of nitrogens with two attached hydrogens (primary N) is 1. The Bertz CT molecular complexity index is 425. The molecule has 1 saturated heterocycles. The SMILES string of the molecule is N#Cc1cc(N2CCC(CO)C2)ccc1N. The summed E-state index contributed by atoms with van der Waals surface area (Å²) in [6, 6.07) is 7.59. The number of hydrogen-bond donors (Lipinski definition) is 2. The zero-order chi connectivity index (χ0) is 11.5. The number of nitrogen functional groups attached to an aromatic ring is 1. The fourth-order valence-electron chi connectivity index (χ4n) is 2.05. The number of nitrogens with zero attached hydrogens (tertiary/aromatic N) is 2. The van der Waals surface area contributed by atoms with Crippen LogP contribution >= 0.6 is 0 Å². The van der Waals surface area contributed by atoms with E-state index >= 15 is 0 Å². The predicted molar refractivity (Wildman–Crippen MR) is 63.0 cm³/mol. The Morgan fingerprint density at radius 1 is 1.56 bits per heavy atom. The average Bonchev–Trinajstić information content (AvgIpc) is 2.78. The molecule has 1 aliphatic rings. The van der Waals surface area contributed by atoms with Crippen molar-refractivity contribution in [2.45, 2.75) is 6.42 Å². The van der Waals surface area contributed by atoms with Gasteiger partial charge >= 0.3 is 0 Å². The van der Waals surface area contributed by atoms with E-state index in [1.165, 1.54) is 0 Å². The third-order valence-corrected chi connectivity index (χ3v) is 3.07. The van der Waals surface area contributed by atoms with Crippen LogP contribution in [-0.4, -0.2) is 24.8 Å². The summed E-state index contributed by atoms with van der Waals surface area (Å²) in [7, 11) is 0. The van der Waals surface area contributed by atoms with Gasteiger partial charge in [0.2, 0.25) is 0 Å². The molecule has 3 N–H and O–H groups in total. The van der Waals surface area contributed by atoms with Gasteiger partial charge in [-0.2, -0.15) is 5.26 Å².